The largest absolute Gasteiger partial charge is 0.497 e. The molecule has 0 saturated heterocycles. The molecule has 0 fully saturated rings. The fourth-order valence-electron chi connectivity index (χ4n) is 1.83. The maximum absolute atomic E-state index is 11.8. The van der Waals surface area contributed by atoms with E-state index in [9.17, 15) is 9.59 Å². The van der Waals surface area contributed by atoms with Crippen LogP contribution in [0.4, 0.5) is 5.13 Å². The van der Waals surface area contributed by atoms with Gasteiger partial charge in [0.2, 0.25) is 16.9 Å². The molecule has 8 nitrogen and oxygen atoms in total. The summed E-state index contributed by atoms with van der Waals surface area (Å²) < 4.78 is 5.07. The first-order valence-electron chi connectivity index (χ1n) is 7.69. The molecule has 0 radical (unpaired) electrons. The summed E-state index contributed by atoms with van der Waals surface area (Å²) in [5.74, 6) is 0.324. The van der Waals surface area contributed by atoms with Crippen molar-refractivity contribution in [1.82, 2.24) is 15.6 Å². The molecule has 1 aromatic carbocycles. The summed E-state index contributed by atoms with van der Waals surface area (Å²) in [6, 6.07) is 7.26. The normalized spacial score (nSPS) is 10.6. The van der Waals surface area contributed by atoms with Gasteiger partial charge in [0.25, 0.3) is 0 Å². The van der Waals surface area contributed by atoms with Crippen molar-refractivity contribution in [3.05, 3.63) is 34.8 Å². The third kappa shape index (κ3) is 6.30. The fourth-order valence-corrected chi connectivity index (χ4v) is 2.58. The molecule has 2 aromatic rings. The molecular weight excluding hydrogens is 342 g/mol. The van der Waals surface area contributed by atoms with Gasteiger partial charge in [0, 0.05) is 6.42 Å². The second-order valence-corrected chi connectivity index (χ2v) is 6.10. The molecule has 0 aliphatic rings. The first-order valence-corrected chi connectivity index (χ1v) is 8.50. The minimum atomic E-state index is -0.313. The number of hydrogen-bond acceptors (Lipinski definition) is 7. The van der Waals surface area contributed by atoms with E-state index in [1.54, 1.807) is 19.2 Å². The fraction of sp³-hybridized carbons (Fsp3) is 0.312. The Bertz CT molecular complexity index is 742. The molecule has 0 spiro atoms. The molecule has 1 heterocycles. The van der Waals surface area contributed by atoms with Crippen LogP contribution in [0.1, 0.15) is 30.3 Å². The van der Waals surface area contributed by atoms with Crippen LogP contribution < -0.4 is 15.5 Å². The van der Waals surface area contributed by atoms with Gasteiger partial charge in [-0.3, -0.25) is 9.59 Å². The van der Waals surface area contributed by atoms with Crippen molar-refractivity contribution in [3.63, 3.8) is 0 Å². The standard InChI is InChI=1S/C16H19N5O3S/c1-3-4-13(22)18-16-21-20-15(25-16)9-14(23)19-17-10-11-5-7-12(24-2)8-6-11/h5-8,10H,3-4,9H2,1-2H3,(H,19,23)(H,18,21,22). The van der Waals surface area contributed by atoms with Gasteiger partial charge in [0.05, 0.1) is 19.7 Å². The smallest absolute Gasteiger partial charge is 0.247 e. The Kier molecular flexibility index (Phi) is 7.02. The van der Waals surface area contributed by atoms with Crippen LogP contribution in [-0.2, 0) is 16.0 Å². The molecule has 0 aliphatic carbocycles. The lowest BCUT2D eigenvalue weighted by atomic mass is 10.2. The number of benzene rings is 1. The molecule has 132 valence electrons. The van der Waals surface area contributed by atoms with Gasteiger partial charge in [0.15, 0.2) is 0 Å². The third-order valence-corrected chi connectivity index (χ3v) is 3.86. The van der Waals surface area contributed by atoms with Crippen molar-refractivity contribution in [1.29, 1.82) is 0 Å². The highest BCUT2D eigenvalue weighted by atomic mass is 32.1. The van der Waals surface area contributed by atoms with E-state index in [0.717, 1.165) is 17.7 Å². The topological polar surface area (TPSA) is 106 Å². The van der Waals surface area contributed by atoms with E-state index in [0.29, 0.717) is 16.6 Å². The molecule has 0 unspecified atom stereocenters. The zero-order valence-corrected chi connectivity index (χ0v) is 14.8. The Morgan fingerprint density at radius 2 is 2.00 bits per heavy atom. The van der Waals surface area contributed by atoms with Crippen LogP contribution in [0.2, 0.25) is 0 Å². The molecule has 25 heavy (non-hydrogen) atoms. The predicted octanol–water partition coefficient (Wildman–Crippen LogP) is 1.98. The van der Waals surface area contributed by atoms with Crippen LogP contribution in [0, 0.1) is 0 Å². The molecule has 2 amide bonds. The van der Waals surface area contributed by atoms with Crippen molar-refractivity contribution >= 4 is 34.5 Å². The SMILES string of the molecule is CCCC(=O)Nc1nnc(CC(=O)NN=Cc2ccc(OC)cc2)s1. The number of carbonyl (C=O) groups excluding carboxylic acids is 2. The molecule has 1 aromatic heterocycles. The Labute approximate surface area is 149 Å². The molecule has 2 N–H and O–H groups in total. The van der Waals surface area contributed by atoms with Crippen LogP contribution in [0.3, 0.4) is 0 Å². The number of carbonyl (C=O) groups is 2. The summed E-state index contributed by atoms with van der Waals surface area (Å²) in [4.78, 5) is 23.3. The number of hydrogen-bond donors (Lipinski definition) is 2. The number of nitrogens with one attached hydrogen (secondary N) is 2. The third-order valence-electron chi connectivity index (χ3n) is 3.02. The van der Waals surface area contributed by atoms with Crippen LogP contribution in [0.25, 0.3) is 0 Å². The van der Waals surface area contributed by atoms with E-state index in [-0.39, 0.29) is 18.2 Å². The van der Waals surface area contributed by atoms with Crippen molar-refractivity contribution in [2.75, 3.05) is 12.4 Å². The van der Waals surface area contributed by atoms with Crippen LogP contribution >= 0.6 is 11.3 Å². The predicted molar refractivity (Wildman–Crippen MR) is 95.9 cm³/mol. The van der Waals surface area contributed by atoms with Crippen molar-refractivity contribution in [2.45, 2.75) is 26.2 Å². The molecule has 9 heteroatoms. The minimum Gasteiger partial charge on any atom is -0.497 e. The zero-order chi connectivity index (χ0) is 18.1. The zero-order valence-electron chi connectivity index (χ0n) is 14.0. The Morgan fingerprint density at radius 3 is 2.68 bits per heavy atom. The van der Waals surface area contributed by atoms with Gasteiger partial charge < -0.3 is 10.1 Å². The summed E-state index contributed by atoms with van der Waals surface area (Å²) in [5, 5.41) is 15.2. The Balaban J connectivity index is 1.80. The van der Waals surface area contributed by atoms with Gasteiger partial charge in [0.1, 0.15) is 10.8 Å². The van der Waals surface area contributed by atoms with E-state index < -0.39 is 0 Å². The van der Waals surface area contributed by atoms with Crippen molar-refractivity contribution in [3.8, 4) is 5.75 Å². The first kappa shape index (κ1) is 18.5. The van der Waals surface area contributed by atoms with E-state index >= 15 is 0 Å². The monoisotopic (exact) mass is 361 g/mol. The highest BCUT2D eigenvalue weighted by Gasteiger charge is 2.10. The summed E-state index contributed by atoms with van der Waals surface area (Å²) in [5.41, 5.74) is 3.26. The summed E-state index contributed by atoms with van der Waals surface area (Å²) in [7, 11) is 1.59. The van der Waals surface area contributed by atoms with Crippen LogP contribution in [-0.4, -0.2) is 35.3 Å². The lowest BCUT2D eigenvalue weighted by Crippen LogP contribution is -2.19. The maximum Gasteiger partial charge on any atom is 0.247 e. The van der Waals surface area contributed by atoms with Crippen molar-refractivity contribution in [2.24, 2.45) is 5.10 Å². The summed E-state index contributed by atoms with van der Waals surface area (Å²) in [6.45, 7) is 1.92. The highest BCUT2D eigenvalue weighted by Crippen LogP contribution is 2.16. The summed E-state index contributed by atoms with van der Waals surface area (Å²) in [6.07, 6.45) is 2.76. The second kappa shape index (κ2) is 9.48. The maximum atomic E-state index is 11.8. The van der Waals surface area contributed by atoms with Gasteiger partial charge in [-0.15, -0.1) is 10.2 Å². The average molecular weight is 361 g/mol. The Morgan fingerprint density at radius 1 is 1.24 bits per heavy atom. The first-order chi connectivity index (χ1) is 12.1. The second-order valence-electron chi connectivity index (χ2n) is 5.04. The van der Waals surface area contributed by atoms with E-state index in [1.165, 1.54) is 17.6 Å². The number of aromatic nitrogens is 2. The van der Waals surface area contributed by atoms with E-state index in [4.69, 9.17) is 4.74 Å². The van der Waals surface area contributed by atoms with Gasteiger partial charge >= 0.3 is 0 Å². The van der Waals surface area contributed by atoms with Gasteiger partial charge in [-0.2, -0.15) is 5.10 Å². The highest BCUT2D eigenvalue weighted by molar-refractivity contribution is 7.15. The number of nitrogens with zero attached hydrogens (tertiary/aromatic N) is 3. The Hall–Kier alpha value is -2.81. The number of rotatable bonds is 8. The number of hydrazone groups is 1. The van der Waals surface area contributed by atoms with Crippen molar-refractivity contribution < 1.29 is 14.3 Å². The van der Waals surface area contributed by atoms with Gasteiger partial charge in [-0.1, -0.05) is 18.3 Å². The quantitative estimate of drug-likeness (QED) is 0.552. The molecule has 2 rings (SSSR count). The number of methoxy groups -OCH3 is 1. The van der Waals surface area contributed by atoms with E-state index in [2.05, 4.69) is 26.0 Å². The molecule has 0 bridgehead atoms. The van der Waals surface area contributed by atoms with Crippen LogP contribution in [0.15, 0.2) is 29.4 Å². The minimum absolute atomic E-state index is 0.0429. The number of ether oxygens (including phenoxy) is 1. The van der Waals surface area contributed by atoms with Gasteiger partial charge in [-0.25, -0.2) is 5.43 Å². The molecular formula is C16H19N5O3S. The molecule has 0 atom stereocenters. The van der Waals surface area contributed by atoms with Gasteiger partial charge in [-0.05, 0) is 36.2 Å². The average Bonchev–Trinajstić information content (AvgIpc) is 3.02. The molecule has 0 aliphatic heterocycles. The summed E-state index contributed by atoms with van der Waals surface area (Å²) >= 11 is 1.17. The van der Waals surface area contributed by atoms with Crippen LogP contribution in [0.5, 0.6) is 5.75 Å². The lowest BCUT2D eigenvalue weighted by molar-refractivity contribution is -0.120. The number of amides is 2. The number of anilines is 1. The molecule has 0 saturated carbocycles. The van der Waals surface area contributed by atoms with E-state index in [1.807, 2.05) is 19.1 Å². The lowest BCUT2D eigenvalue weighted by Gasteiger charge is -1.99.